The van der Waals surface area contributed by atoms with Gasteiger partial charge in [0, 0.05) is 11.9 Å². The van der Waals surface area contributed by atoms with Crippen molar-refractivity contribution in [2.75, 3.05) is 4.72 Å². The van der Waals surface area contributed by atoms with Crippen LogP contribution in [0.3, 0.4) is 0 Å². The van der Waals surface area contributed by atoms with E-state index >= 15 is 0 Å². The molecule has 0 fully saturated rings. The minimum absolute atomic E-state index is 0.149. The number of halogens is 1. The number of benzene rings is 2. The lowest BCUT2D eigenvalue weighted by molar-refractivity contribution is 0.561. The van der Waals surface area contributed by atoms with E-state index in [1.807, 2.05) is 0 Å². The smallest absolute Gasteiger partial charge is 0.262 e. The van der Waals surface area contributed by atoms with Crippen molar-refractivity contribution in [3.8, 4) is 0 Å². The first kappa shape index (κ1) is 14.9. The van der Waals surface area contributed by atoms with Crippen molar-refractivity contribution in [3.63, 3.8) is 0 Å². The number of nitrogens with zero attached hydrogens (tertiary/aromatic N) is 1. The lowest BCUT2D eigenvalue weighted by Crippen LogP contribution is -2.14. The van der Waals surface area contributed by atoms with Crippen LogP contribution in [-0.4, -0.2) is 13.4 Å². The maximum atomic E-state index is 12.5. The van der Waals surface area contributed by atoms with Crippen LogP contribution in [0, 0.1) is 13.8 Å². The van der Waals surface area contributed by atoms with Crippen LogP contribution in [-0.2, 0) is 10.0 Å². The summed E-state index contributed by atoms with van der Waals surface area (Å²) in [4.78, 5) is 4.34. The molecule has 1 aromatic heterocycles. The molecule has 0 saturated carbocycles. The molecule has 7 heteroatoms. The molecule has 2 aromatic carbocycles. The van der Waals surface area contributed by atoms with Gasteiger partial charge in [-0.15, -0.1) is 0 Å². The molecule has 0 aliphatic rings. The Morgan fingerprint density at radius 2 is 1.95 bits per heavy atom. The Kier molecular flexibility index (Phi) is 3.58. The van der Waals surface area contributed by atoms with Gasteiger partial charge in [0.25, 0.3) is 10.0 Å². The second-order valence-corrected chi connectivity index (χ2v) is 6.94. The summed E-state index contributed by atoms with van der Waals surface area (Å²) >= 11 is 5.99. The minimum Gasteiger partial charge on any atom is -0.441 e. The summed E-state index contributed by atoms with van der Waals surface area (Å²) in [5.74, 6) is 0.528. The molecule has 0 aliphatic heterocycles. The number of aromatic nitrogens is 1. The van der Waals surface area contributed by atoms with Gasteiger partial charge in [0.05, 0.1) is 10.6 Å². The first-order valence-electron chi connectivity index (χ1n) is 6.52. The van der Waals surface area contributed by atoms with Crippen LogP contribution in [0.25, 0.3) is 11.1 Å². The molecule has 0 spiro atoms. The van der Waals surface area contributed by atoms with Gasteiger partial charge in [-0.3, -0.25) is 4.72 Å². The molecule has 114 valence electrons. The van der Waals surface area contributed by atoms with Crippen molar-refractivity contribution in [2.24, 2.45) is 0 Å². The van der Waals surface area contributed by atoms with Crippen LogP contribution < -0.4 is 4.72 Å². The van der Waals surface area contributed by atoms with Crippen molar-refractivity contribution in [1.82, 2.24) is 4.98 Å². The number of nitrogens with one attached hydrogen (secondary N) is 1. The number of fused-ring (bicyclic) bond motifs is 1. The molecular weight excluding hydrogens is 324 g/mol. The highest BCUT2D eigenvalue weighted by molar-refractivity contribution is 7.92. The Morgan fingerprint density at radius 1 is 1.18 bits per heavy atom. The third-order valence-electron chi connectivity index (χ3n) is 3.25. The quantitative estimate of drug-likeness (QED) is 0.787. The van der Waals surface area contributed by atoms with Crippen LogP contribution in [0.4, 0.5) is 5.69 Å². The number of aryl methyl sites for hydroxylation is 1. The maximum absolute atomic E-state index is 12.5. The van der Waals surface area contributed by atoms with Crippen molar-refractivity contribution >= 4 is 38.4 Å². The Hall–Kier alpha value is -2.05. The third-order valence-corrected chi connectivity index (χ3v) is 5.19. The minimum atomic E-state index is -3.72. The Bertz CT molecular complexity index is 964. The highest BCUT2D eigenvalue weighted by Crippen LogP contribution is 2.26. The maximum Gasteiger partial charge on any atom is 0.262 e. The molecule has 5 nitrogen and oxygen atoms in total. The largest absolute Gasteiger partial charge is 0.441 e. The number of oxazole rings is 1. The number of hydrogen-bond acceptors (Lipinski definition) is 4. The van der Waals surface area contributed by atoms with Crippen molar-refractivity contribution in [1.29, 1.82) is 0 Å². The topological polar surface area (TPSA) is 72.2 Å². The van der Waals surface area contributed by atoms with Crippen molar-refractivity contribution in [2.45, 2.75) is 18.7 Å². The van der Waals surface area contributed by atoms with Gasteiger partial charge in [-0.05, 0) is 42.8 Å². The van der Waals surface area contributed by atoms with Gasteiger partial charge >= 0.3 is 0 Å². The van der Waals surface area contributed by atoms with Crippen molar-refractivity contribution < 1.29 is 12.8 Å². The average Bonchev–Trinajstić information content (AvgIpc) is 2.80. The molecule has 0 radical (unpaired) electrons. The zero-order chi connectivity index (χ0) is 15.9. The normalized spacial score (nSPS) is 11.8. The van der Waals surface area contributed by atoms with E-state index in [0.717, 1.165) is 0 Å². The zero-order valence-corrected chi connectivity index (χ0v) is 13.5. The van der Waals surface area contributed by atoms with E-state index in [0.29, 0.717) is 33.3 Å². The molecule has 0 atom stereocenters. The van der Waals surface area contributed by atoms with Gasteiger partial charge in [-0.1, -0.05) is 17.7 Å². The third kappa shape index (κ3) is 2.67. The summed E-state index contributed by atoms with van der Waals surface area (Å²) in [7, 11) is -3.72. The molecule has 3 rings (SSSR count). The van der Waals surface area contributed by atoms with Crippen LogP contribution in [0.5, 0.6) is 0 Å². The summed E-state index contributed by atoms with van der Waals surface area (Å²) in [5.41, 5.74) is 2.13. The van der Waals surface area contributed by atoms with E-state index in [-0.39, 0.29) is 4.90 Å². The van der Waals surface area contributed by atoms with E-state index in [4.69, 9.17) is 16.0 Å². The van der Waals surface area contributed by atoms with E-state index < -0.39 is 10.0 Å². The van der Waals surface area contributed by atoms with E-state index in [2.05, 4.69) is 9.71 Å². The molecule has 22 heavy (non-hydrogen) atoms. The summed E-state index contributed by atoms with van der Waals surface area (Å²) in [5, 5.41) is 0.408. The number of anilines is 1. The van der Waals surface area contributed by atoms with Gasteiger partial charge in [-0.2, -0.15) is 0 Å². The van der Waals surface area contributed by atoms with Gasteiger partial charge in [0.15, 0.2) is 11.5 Å². The van der Waals surface area contributed by atoms with Crippen LogP contribution >= 0.6 is 11.6 Å². The van der Waals surface area contributed by atoms with E-state index in [9.17, 15) is 8.42 Å². The standard InChI is InChI=1S/C15H13ClN2O3S/c1-9-12(16)4-3-5-15(9)22(19,20)18-11-6-7-14-13(8-11)17-10(2)21-14/h3-8,18H,1-2H3. The average molecular weight is 337 g/mol. The molecule has 0 bridgehead atoms. The SMILES string of the molecule is Cc1nc2cc(NS(=O)(=O)c3cccc(Cl)c3C)ccc2o1. The predicted octanol–water partition coefficient (Wildman–Crippen LogP) is 3.90. The number of sulfonamides is 1. The lowest BCUT2D eigenvalue weighted by atomic mass is 10.2. The van der Waals surface area contributed by atoms with Gasteiger partial charge in [0.1, 0.15) is 5.52 Å². The van der Waals surface area contributed by atoms with E-state index in [1.54, 1.807) is 44.2 Å². The zero-order valence-electron chi connectivity index (χ0n) is 11.9. The Labute approximate surface area is 133 Å². The molecular formula is C15H13ClN2O3S. The lowest BCUT2D eigenvalue weighted by Gasteiger charge is -2.11. The molecule has 1 N–H and O–H groups in total. The molecule has 0 aliphatic carbocycles. The predicted molar refractivity (Wildman–Crippen MR) is 85.7 cm³/mol. The summed E-state index contributed by atoms with van der Waals surface area (Å²) in [6.45, 7) is 3.40. The van der Waals surface area contributed by atoms with Gasteiger partial charge in [-0.25, -0.2) is 13.4 Å². The molecule has 3 aromatic rings. The summed E-state index contributed by atoms with van der Waals surface area (Å²) < 4.78 is 32.9. The Balaban J connectivity index is 2.00. The fraction of sp³-hybridized carbons (Fsp3) is 0.133. The fourth-order valence-electron chi connectivity index (χ4n) is 2.20. The first-order chi connectivity index (χ1) is 10.4. The van der Waals surface area contributed by atoms with Gasteiger partial charge in [0.2, 0.25) is 0 Å². The molecule has 1 heterocycles. The van der Waals surface area contributed by atoms with E-state index in [1.165, 1.54) is 6.07 Å². The fourth-order valence-corrected chi connectivity index (χ4v) is 3.74. The van der Waals surface area contributed by atoms with Gasteiger partial charge < -0.3 is 4.42 Å². The molecule has 0 amide bonds. The van der Waals surface area contributed by atoms with Crippen LogP contribution in [0.1, 0.15) is 11.5 Å². The second kappa shape index (κ2) is 5.30. The van der Waals surface area contributed by atoms with Crippen LogP contribution in [0.2, 0.25) is 5.02 Å². The first-order valence-corrected chi connectivity index (χ1v) is 8.38. The second-order valence-electron chi connectivity index (χ2n) is 4.88. The highest BCUT2D eigenvalue weighted by atomic mass is 35.5. The molecule has 0 saturated heterocycles. The Morgan fingerprint density at radius 3 is 2.73 bits per heavy atom. The summed E-state index contributed by atoms with van der Waals surface area (Å²) in [6.07, 6.45) is 0. The van der Waals surface area contributed by atoms with Crippen molar-refractivity contribution in [3.05, 3.63) is 52.9 Å². The molecule has 0 unspecified atom stereocenters. The summed E-state index contributed by atoms with van der Waals surface area (Å²) in [6, 6.07) is 9.71. The highest BCUT2D eigenvalue weighted by Gasteiger charge is 2.18. The number of hydrogen-bond donors (Lipinski definition) is 1. The van der Waals surface area contributed by atoms with Crippen LogP contribution in [0.15, 0.2) is 45.7 Å². The monoisotopic (exact) mass is 336 g/mol. The number of rotatable bonds is 3.